The number of phenolic OH excluding ortho intramolecular Hbond substituents is 1. The lowest BCUT2D eigenvalue weighted by Gasteiger charge is -2.34. The minimum Gasteiger partial charge on any atom is -0.508 e. The molecule has 1 aliphatic heterocycles. The van der Waals surface area contributed by atoms with Crippen molar-refractivity contribution in [2.75, 3.05) is 19.6 Å². The fourth-order valence-electron chi connectivity index (χ4n) is 2.96. The molecule has 1 fully saturated rings. The van der Waals surface area contributed by atoms with Crippen LogP contribution < -0.4 is 11.1 Å². The number of carbonyl (C=O) groups is 1. The molecule has 1 atom stereocenters. The topological polar surface area (TPSA) is 91.0 Å². The van der Waals surface area contributed by atoms with E-state index in [0.29, 0.717) is 18.9 Å². The van der Waals surface area contributed by atoms with Crippen molar-refractivity contribution in [2.24, 2.45) is 16.6 Å². The van der Waals surface area contributed by atoms with Gasteiger partial charge < -0.3 is 21.1 Å². The van der Waals surface area contributed by atoms with Gasteiger partial charge in [-0.15, -0.1) is 0 Å². The molecule has 0 aliphatic carbocycles. The average Bonchev–Trinajstić information content (AvgIpc) is 2.51. The second-order valence-electron chi connectivity index (χ2n) is 5.96. The number of piperidine rings is 1. The molecule has 1 unspecified atom stereocenters. The highest BCUT2D eigenvalue weighted by Gasteiger charge is 2.23. The first-order chi connectivity index (χ1) is 11.1. The number of aliphatic imine (C=N–C) groups is 1. The third-order valence-electron chi connectivity index (χ3n) is 3.97. The van der Waals surface area contributed by atoms with Gasteiger partial charge in [-0.25, -0.2) is 4.99 Å². The smallest absolute Gasteiger partial charge is 0.217 e. The number of nitrogens with two attached hydrogens (primary N) is 1. The predicted molar refractivity (Wildman–Crippen MR) is 91.0 cm³/mol. The fraction of sp³-hybridized carbons (Fsp3) is 0.529. The van der Waals surface area contributed by atoms with Gasteiger partial charge in [0.2, 0.25) is 5.91 Å². The van der Waals surface area contributed by atoms with Gasteiger partial charge in [0.05, 0.1) is 6.54 Å². The Morgan fingerprint density at radius 3 is 3.04 bits per heavy atom. The fourth-order valence-corrected chi connectivity index (χ4v) is 2.96. The van der Waals surface area contributed by atoms with Crippen molar-refractivity contribution in [3.63, 3.8) is 0 Å². The number of guanidine groups is 1. The minimum absolute atomic E-state index is 0.237. The summed E-state index contributed by atoms with van der Waals surface area (Å²) in [5.41, 5.74) is 6.29. The van der Waals surface area contributed by atoms with E-state index in [9.17, 15) is 9.90 Å². The second kappa shape index (κ2) is 8.41. The van der Waals surface area contributed by atoms with E-state index in [1.54, 1.807) is 12.1 Å². The van der Waals surface area contributed by atoms with Crippen LogP contribution in [0.5, 0.6) is 5.75 Å². The van der Waals surface area contributed by atoms with Gasteiger partial charge >= 0.3 is 0 Å². The molecule has 0 spiro atoms. The number of primary amides is 1. The van der Waals surface area contributed by atoms with E-state index >= 15 is 0 Å². The van der Waals surface area contributed by atoms with Crippen LogP contribution in [0.2, 0.25) is 0 Å². The van der Waals surface area contributed by atoms with Crippen molar-refractivity contribution in [2.45, 2.75) is 32.7 Å². The molecule has 1 amide bonds. The summed E-state index contributed by atoms with van der Waals surface area (Å²) in [6, 6.07) is 7.13. The number of hydrogen-bond acceptors (Lipinski definition) is 3. The largest absolute Gasteiger partial charge is 0.508 e. The van der Waals surface area contributed by atoms with Gasteiger partial charge in [0.1, 0.15) is 5.75 Å². The number of nitrogens with one attached hydrogen (secondary N) is 1. The highest BCUT2D eigenvalue weighted by Crippen LogP contribution is 2.19. The molecule has 1 saturated heterocycles. The van der Waals surface area contributed by atoms with Gasteiger partial charge in [0, 0.05) is 26.1 Å². The Morgan fingerprint density at radius 1 is 1.52 bits per heavy atom. The molecule has 4 N–H and O–H groups in total. The summed E-state index contributed by atoms with van der Waals surface area (Å²) in [6.07, 6.45) is 2.50. The predicted octanol–water partition coefficient (Wildman–Crippen LogP) is 1.45. The highest BCUT2D eigenvalue weighted by atomic mass is 16.3. The molecule has 0 radical (unpaired) electrons. The van der Waals surface area contributed by atoms with E-state index in [-0.39, 0.29) is 11.7 Å². The van der Waals surface area contributed by atoms with E-state index in [0.717, 1.165) is 44.0 Å². The van der Waals surface area contributed by atoms with Gasteiger partial charge in [0.15, 0.2) is 5.96 Å². The van der Waals surface area contributed by atoms with Crippen LogP contribution >= 0.6 is 0 Å². The quantitative estimate of drug-likeness (QED) is 0.566. The Labute approximate surface area is 137 Å². The average molecular weight is 318 g/mol. The van der Waals surface area contributed by atoms with Gasteiger partial charge in [0.25, 0.3) is 0 Å². The normalized spacial score (nSPS) is 18.7. The number of carbonyl (C=O) groups excluding carboxylic acids is 1. The molecule has 1 aromatic carbocycles. The molecule has 6 heteroatoms. The summed E-state index contributed by atoms with van der Waals surface area (Å²) in [5, 5.41) is 12.8. The van der Waals surface area contributed by atoms with Crippen LogP contribution in [0, 0.1) is 5.92 Å². The van der Waals surface area contributed by atoms with Crippen LogP contribution in [0.1, 0.15) is 31.7 Å². The summed E-state index contributed by atoms with van der Waals surface area (Å²) in [6.45, 7) is 5.06. The number of rotatable bonds is 5. The van der Waals surface area contributed by atoms with Gasteiger partial charge in [-0.2, -0.15) is 0 Å². The molecule has 2 rings (SSSR count). The molecule has 0 aromatic heterocycles. The van der Waals surface area contributed by atoms with Gasteiger partial charge in [-0.3, -0.25) is 4.79 Å². The van der Waals surface area contributed by atoms with Crippen molar-refractivity contribution < 1.29 is 9.90 Å². The molecular formula is C17H26N4O2. The van der Waals surface area contributed by atoms with E-state index in [1.807, 2.05) is 19.1 Å². The molecule has 23 heavy (non-hydrogen) atoms. The zero-order chi connectivity index (χ0) is 16.7. The van der Waals surface area contributed by atoms with Crippen molar-refractivity contribution in [3.8, 4) is 5.75 Å². The van der Waals surface area contributed by atoms with Crippen LogP contribution in [0.4, 0.5) is 0 Å². The third kappa shape index (κ3) is 5.47. The summed E-state index contributed by atoms with van der Waals surface area (Å²) in [5.74, 6) is 1.16. The van der Waals surface area contributed by atoms with E-state index in [2.05, 4.69) is 15.2 Å². The van der Waals surface area contributed by atoms with E-state index in [1.165, 1.54) is 0 Å². The van der Waals surface area contributed by atoms with E-state index in [4.69, 9.17) is 5.73 Å². The SMILES string of the molecule is CCNC(=NCc1cccc(O)c1)N1CCCC(CC(N)=O)C1. The Kier molecular flexibility index (Phi) is 6.26. The number of aromatic hydroxyl groups is 1. The standard InChI is InChI=1S/C17H26N4O2/c1-2-19-17(20-11-13-5-3-7-15(22)9-13)21-8-4-6-14(12-21)10-16(18)23/h3,5,7,9,14,22H,2,4,6,8,10-12H2,1H3,(H2,18,23)(H,19,20). The Bertz CT molecular complexity index is 559. The highest BCUT2D eigenvalue weighted by molar-refractivity contribution is 5.80. The summed E-state index contributed by atoms with van der Waals surface area (Å²) in [4.78, 5) is 18.0. The van der Waals surface area contributed by atoms with Crippen molar-refractivity contribution in [1.29, 1.82) is 0 Å². The van der Waals surface area contributed by atoms with Crippen LogP contribution in [0.3, 0.4) is 0 Å². The van der Waals surface area contributed by atoms with Crippen LogP contribution in [0.15, 0.2) is 29.3 Å². The molecule has 6 nitrogen and oxygen atoms in total. The Balaban J connectivity index is 2.04. The monoisotopic (exact) mass is 318 g/mol. The number of nitrogens with zero attached hydrogens (tertiary/aromatic N) is 2. The first-order valence-corrected chi connectivity index (χ1v) is 8.18. The van der Waals surface area contributed by atoms with Gasteiger partial charge in [-0.05, 0) is 43.4 Å². The lowest BCUT2D eigenvalue weighted by molar-refractivity contribution is -0.119. The Morgan fingerprint density at radius 2 is 2.35 bits per heavy atom. The molecule has 1 aromatic rings. The zero-order valence-corrected chi connectivity index (χ0v) is 13.7. The number of hydrogen-bond donors (Lipinski definition) is 3. The molecule has 1 heterocycles. The molecule has 1 aliphatic rings. The second-order valence-corrected chi connectivity index (χ2v) is 5.96. The molecular weight excluding hydrogens is 292 g/mol. The summed E-state index contributed by atoms with van der Waals surface area (Å²) in [7, 11) is 0. The van der Waals surface area contributed by atoms with Crippen LogP contribution in [0.25, 0.3) is 0 Å². The summed E-state index contributed by atoms with van der Waals surface area (Å²) >= 11 is 0. The number of phenols is 1. The van der Waals surface area contributed by atoms with Crippen LogP contribution in [-0.4, -0.2) is 41.5 Å². The third-order valence-corrected chi connectivity index (χ3v) is 3.97. The van der Waals surface area contributed by atoms with Crippen molar-refractivity contribution in [3.05, 3.63) is 29.8 Å². The maximum absolute atomic E-state index is 11.1. The number of benzene rings is 1. The number of amides is 1. The first kappa shape index (κ1) is 17.1. The van der Waals surface area contributed by atoms with Crippen molar-refractivity contribution >= 4 is 11.9 Å². The number of likely N-dealkylation sites (tertiary alicyclic amines) is 1. The summed E-state index contributed by atoms with van der Waals surface area (Å²) < 4.78 is 0. The van der Waals surface area contributed by atoms with Crippen LogP contribution in [-0.2, 0) is 11.3 Å². The maximum atomic E-state index is 11.1. The zero-order valence-electron chi connectivity index (χ0n) is 13.7. The molecule has 126 valence electrons. The maximum Gasteiger partial charge on any atom is 0.217 e. The van der Waals surface area contributed by atoms with Crippen molar-refractivity contribution in [1.82, 2.24) is 10.2 Å². The Hall–Kier alpha value is -2.24. The first-order valence-electron chi connectivity index (χ1n) is 8.18. The lowest BCUT2D eigenvalue weighted by Crippen LogP contribution is -2.47. The molecule has 0 bridgehead atoms. The van der Waals surface area contributed by atoms with Gasteiger partial charge in [-0.1, -0.05) is 12.1 Å². The molecule has 0 saturated carbocycles. The van der Waals surface area contributed by atoms with E-state index < -0.39 is 0 Å². The minimum atomic E-state index is -0.237. The lowest BCUT2D eigenvalue weighted by atomic mass is 9.95.